The highest BCUT2D eigenvalue weighted by molar-refractivity contribution is 4.85. The van der Waals surface area contributed by atoms with E-state index in [4.69, 9.17) is 0 Å². The van der Waals surface area contributed by atoms with Crippen molar-refractivity contribution in [2.24, 2.45) is 11.8 Å². The zero-order valence-electron chi connectivity index (χ0n) is 11.6. The van der Waals surface area contributed by atoms with Crippen molar-refractivity contribution in [1.82, 2.24) is 9.80 Å². The van der Waals surface area contributed by atoms with Gasteiger partial charge < -0.3 is 15.1 Å². The molecule has 4 nitrogen and oxygen atoms in total. The Hall–Kier alpha value is -0.160. The van der Waals surface area contributed by atoms with E-state index < -0.39 is 0 Å². The van der Waals surface area contributed by atoms with Crippen molar-refractivity contribution in [3.63, 3.8) is 0 Å². The molecule has 3 atom stereocenters. The molecule has 0 aliphatic carbocycles. The quantitative estimate of drug-likeness (QED) is 0.747. The Bertz CT molecular complexity index is 238. The number of hydrogen-bond acceptors (Lipinski definition) is 4. The third kappa shape index (κ3) is 3.44. The highest BCUT2D eigenvalue weighted by atomic mass is 16.3. The van der Waals surface area contributed by atoms with E-state index >= 15 is 0 Å². The highest BCUT2D eigenvalue weighted by Gasteiger charge is 2.30. The SMILES string of the molecule is CCN1CCCC1CN1C[C@H](CO)C[C@H](CO)C1. The molecule has 2 aliphatic rings. The van der Waals surface area contributed by atoms with E-state index in [0.29, 0.717) is 17.9 Å². The molecular weight excluding hydrogens is 228 g/mol. The fourth-order valence-electron chi connectivity index (χ4n) is 3.66. The molecule has 18 heavy (non-hydrogen) atoms. The van der Waals surface area contributed by atoms with Gasteiger partial charge in [-0.2, -0.15) is 0 Å². The Morgan fingerprint density at radius 3 is 2.33 bits per heavy atom. The minimum absolute atomic E-state index is 0.259. The van der Waals surface area contributed by atoms with Gasteiger partial charge in [-0.3, -0.25) is 4.90 Å². The van der Waals surface area contributed by atoms with Gasteiger partial charge in [-0.25, -0.2) is 0 Å². The Morgan fingerprint density at radius 2 is 1.78 bits per heavy atom. The minimum Gasteiger partial charge on any atom is -0.396 e. The minimum atomic E-state index is 0.259. The van der Waals surface area contributed by atoms with Crippen LogP contribution in [-0.4, -0.2) is 72.0 Å². The molecule has 2 aliphatic heterocycles. The van der Waals surface area contributed by atoms with Crippen LogP contribution >= 0.6 is 0 Å². The van der Waals surface area contributed by atoms with E-state index in [1.807, 2.05) is 0 Å². The number of nitrogens with zero attached hydrogens (tertiary/aromatic N) is 2. The zero-order chi connectivity index (χ0) is 13.0. The van der Waals surface area contributed by atoms with Gasteiger partial charge in [0.05, 0.1) is 0 Å². The van der Waals surface area contributed by atoms with Crippen LogP contribution in [0.1, 0.15) is 26.2 Å². The van der Waals surface area contributed by atoms with Crippen LogP contribution in [-0.2, 0) is 0 Å². The first-order chi connectivity index (χ1) is 8.76. The van der Waals surface area contributed by atoms with Gasteiger partial charge in [0.1, 0.15) is 0 Å². The van der Waals surface area contributed by atoms with E-state index in [-0.39, 0.29) is 13.2 Å². The predicted octanol–water partition coefficient (Wildman–Crippen LogP) is 0.393. The molecule has 0 amide bonds. The standard InChI is InChI=1S/C14H28N2O2/c1-2-16-5-3-4-14(16)9-15-7-12(10-17)6-13(8-15)11-18/h12-14,17-18H,2-11H2,1H3/t12-,13+,14?. The third-order valence-electron chi connectivity index (χ3n) is 4.59. The summed E-state index contributed by atoms with van der Waals surface area (Å²) in [6.07, 6.45) is 3.60. The van der Waals surface area contributed by atoms with E-state index in [1.165, 1.54) is 19.4 Å². The van der Waals surface area contributed by atoms with Crippen LogP contribution in [0.5, 0.6) is 0 Å². The summed E-state index contributed by atoms with van der Waals surface area (Å²) in [4.78, 5) is 5.03. The molecule has 1 unspecified atom stereocenters. The molecule has 0 radical (unpaired) electrons. The summed E-state index contributed by atoms with van der Waals surface area (Å²) in [6, 6.07) is 0.687. The molecule has 0 aromatic carbocycles. The molecule has 4 heteroatoms. The lowest BCUT2D eigenvalue weighted by atomic mass is 9.90. The molecule has 0 aromatic heterocycles. The highest BCUT2D eigenvalue weighted by Crippen LogP contribution is 2.24. The van der Waals surface area contributed by atoms with Crippen LogP contribution in [0.4, 0.5) is 0 Å². The zero-order valence-corrected chi connectivity index (χ0v) is 11.6. The first-order valence-corrected chi connectivity index (χ1v) is 7.44. The first-order valence-electron chi connectivity index (χ1n) is 7.44. The number of piperidine rings is 1. The van der Waals surface area contributed by atoms with Gasteiger partial charge in [0, 0.05) is 38.9 Å². The molecule has 2 rings (SSSR count). The normalized spacial score (nSPS) is 35.2. The maximum absolute atomic E-state index is 9.36. The van der Waals surface area contributed by atoms with Crippen LogP contribution < -0.4 is 0 Å². The van der Waals surface area contributed by atoms with Crippen molar-refractivity contribution in [3.05, 3.63) is 0 Å². The second-order valence-corrected chi connectivity index (χ2v) is 5.98. The largest absolute Gasteiger partial charge is 0.396 e. The van der Waals surface area contributed by atoms with Crippen LogP contribution in [0.25, 0.3) is 0 Å². The topological polar surface area (TPSA) is 46.9 Å². The smallest absolute Gasteiger partial charge is 0.0471 e. The second kappa shape index (κ2) is 6.85. The maximum atomic E-state index is 9.36. The average Bonchev–Trinajstić information content (AvgIpc) is 2.85. The van der Waals surface area contributed by atoms with E-state index in [2.05, 4.69) is 16.7 Å². The molecule has 0 spiro atoms. The maximum Gasteiger partial charge on any atom is 0.0471 e. The monoisotopic (exact) mass is 256 g/mol. The van der Waals surface area contributed by atoms with Gasteiger partial charge in [0.25, 0.3) is 0 Å². The number of likely N-dealkylation sites (N-methyl/N-ethyl adjacent to an activating group) is 1. The van der Waals surface area contributed by atoms with Gasteiger partial charge in [-0.1, -0.05) is 6.92 Å². The van der Waals surface area contributed by atoms with Crippen molar-refractivity contribution in [2.75, 3.05) is 45.9 Å². The predicted molar refractivity (Wildman–Crippen MR) is 72.5 cm³/mol. The lowest BCUT2D eigenvalue weighted by molar-refractivity contribution is 0.0447. The molecule has 2 heterocycles. The van der Waals surface area contributed by atoms with Gasteiger partial charge in [0.15, 0.2) is 0 Å². The van der Waals surface area contributed by atoms with Crippen molar-refractivity contribution < 1.29 is 10.2 Å². The first kappa shape index (κ1) is 14.3. The van der Waals surface area contributed by atoms with Crippen molar-refractivity contribution in [2.45, 2.75) is 32.2 Å². The lowest BCUT2D eigenvalue weighted by Gasteiger charge is -2.39. The van der Waals surface area contributed by atoms with Gasteiger partial charge in [0.2, 0.25) is 0 Å². The number of hydrogen-bond donors (Lipinski definition) is 2. The summed E-state index contributed by atoms with van der Waals surface area (Å²) in [5.41, 5.74) is 0. The summed E-state index contributed by atoms with van der Waals surface area (Å²) < 4.78 is 0. The summed E-state index contributed by atoms with van der Waals surface area (Å²) in [5, 5.41) is 18.7. The van der Waals surface area contributed by atoms with Crippen LogP contribution in [0.2, 0.25) is 0 Å². The molecule has 0 aromatic rings. The number of likely N-dealkylation sites (tertiary alicyclic amines) is 2. The molecule has 2 saturated heterocycles. The summed E-state index contributed by atoms with van der Waals surface area (Å²) in [7, 11) is 0. The Morgan fingerprint density at radius 1 is 1.11 bits per heavy atom. The fourth-order valence-corrected chi connectivity index (χ4v) is 3.66. The van der Waals surface area contributed by atoms with Crippen LogP contribution in [0.3, 0.4) is 0 Å². The Balaban J connectivity index is 1.87. The number of aliphatic hydroxyl groups excluding tert-OH is 2. The third-order valence-corrected chi connectivity index (χ3v) is 4.59. The molecule has 106 valence electrons. The van der Waals surface area contributed by atoms with Gasteiger partial charge in [-0.15, -0.1) is 0 Å². The van der Waals surface area contributed by atoms with Gasteiger partial charge in [-0.05, 0) is 44.2 Å². The average molecular weight is 256 g/mol. The van der Waals surface area contributed by atoms with Crippen molar-refractivity contribution in [1.29, 1.82) is 0 Å². The Labute approximate surface area is 111 Å². The number of aliphatic hydroxyl groups is 2. The molecule has 0 saturated carbocycles. The molecule has 2 fully saturated rings. The molecule has 0 bridgehead atoms. The number of rotatable bonds is 5. The summed E-state index contributed by atoms with van der Waals surface area (Å²) in [5.74, 6) is 0.708. The van der Waals surface area contributed by atoms with Crippen LogP contribution in [0.15, 0.2) is 0 Å². The fraction of sp³-hybridized carbons (Fsp3) is 1.00. The van der Waals surface area contributed by atoms with Crippen molar-refractivity contribution in [3.8, 4) is 0 Å². The molecular formula is C14H28N2O2. The Kier molecular flexibility index (Phi) is 5.42. The van der Waals surface area contributed by atoms with E-state index in [1.54, 1.807) is 0 Å². The van der Waals surface area contributed by atoms with Crippen LogP contribution in [0, 0.1) is 11.8 Å². The summed E-state index contributed by atoms with van der Waals surface area (Å²) in [6.45, 7) is 8.25. The van der Waals surface area contributed by atoms with Gasteiger partial charge >= 0.3 is 0 Å². The van der Waals surface area contributed by atoms with Crippen molar-refractivity contribution >= 4 is 0 Å². The molecule has 2 N–H and O–H groups in total. The summed E-state index contributed by atoms with van der Waals surface area (Å²) >= 11 is 0. The second-order valence-electron chi connectivity index (χ2n) is 5.98. The van der Waals surface area contributed by atoms with E-state index in [0.717, 1.165) is 32.6 Å². The van der Waals surface area contributed by atoms with E-state index in [9.17, 15) is 10.2 Å². The lowest BCUT2D eigenvalue weighted by Crippen LogP contribution is -2.48.